The van der Waals surface area contributed by atoms with Crippen LogP contribution in [-0.4, -0.2) is 33.0 Å². The second-order valence-corrected chi connectivity index (χ2v) is 7.63. The Morgan fingerprint density at radius 2 is 2.12 bits per heavy atom. The molecular weight excluding hydrogens is 352 g/mol. The molecule has 25 heavy (non-hydrogen) atoms. The maximum atomic E-state index is 12.7. The summed E-state index contributed by atoms with van der Waals surface area (Å²) < 4.78 is 2.07. The Morgan fingerprint density at radius 3 is 2.92 bits per heavy atom. The van der Waals surface area contributed by atoms with Crippen molar-refractivity contribution in [3.05, 3.63) is 47.3 Å². The van der Waals surface area contributed by atoms with Crippen molar-refractivity contribution in [2.24, 2.45) is 0 Å². The van der Waals surface area contributed by atoms with Crippen LogP contribution >= 0.6 is 23.1 Å². The largest absolute Gasteiger partial charge is 0.311 e. The number of anilines is 1. The highest BCUT2D eigenvalue weighted by molar-refractivity contribution is 7.99. The number of nitrogens with zero attached hydrogens (tertiary/aromatic N) is 4. The highest BCUT2D eigenvalue weighted by Crippen LogP contribution is 2.30. The molecule has 0 saturated carbocycles. The zero-order chi connectivity index (χ0) is 17.2. The van der Waals surface area contributed by atoms with Crippen LogP contribution < -0.4 is 4.90 Å². The van der Waals surface area contributed by atoms with Crippen molar-refractivity contribution >= 4 is 34.7 Å². The standard InChI is InChI=1S/C18H18N4OS2/c1-2-21-17(15-8-5-11-24-15)19-20-18(21)25-12-16(23)22-10-9-13-6-3-4-7-14(13)22/h3-8,11H,2,9-10,12H2,1H3. The van der Waals surface area contributed by atoms with E-state index in [1.807, 2.05) is 40.6 Å². The summed E-state index contributed by atoms with van der Waals surface area (Å²) in [6.07, 6.45) is 0.931. The number of rotatable bonds is 5. The quantitative estimate of drug-likeness (QED) is 0.643. The van der Waals surface area contributed by atoms with Crippen LogP contribution in [0.3, 0.4) is 0 Å². The van der Waals surface area contributed by atoms with E-state index in [0.29, 0.717) is 5.75 Å². The Morgan fingerprint density at radius 1 is 1.24 bits per heavy atom. The Labute approximate surface area is 154 Å². The molecule has 3 aromatic rings. The average Bonchev–Trinajstić information content (AvgIpc) is 3.37. The van der Waals surface area contributed by atoms with Gasteiger partial charge in [-0.05, 0) is 36.4 Å². The predicted octanol–water partition coefficient (Wildman–Crippen LogP) is 3.71. The second-order valence-electron chi connectivity index (χ2n) is 5.74. The summed E-state index contributed by atoms with van der Waals surface area (Å²) >= 11 is 3.11. The Kier molecular flexibility index (Phi) is 4.59. The van der Waals surface area contributed by atoms with Gasteiger partial charge in [-0.3, -0.25) is 4.79 Å². The van der Waals surface area contributed by atoms with Gasteiger partial charge in [-0.15, -0.1) is 21.5 Å². The minimum absolute atomic E-state index is 0.123. The third-order valence-electron chi connectivity index (χ3n) is 4.29. The molecule has 1 aliphatic heterocycles. The molecule has 0 bridgehead atoms. The van der Waals surface area contributed by atoms with Crippen LogP contribution in [0.1, 0.15) is 12.5 Å². The molecule has 1 amide bonds. The predicted molar refractivity (Wildman–Crippen MR) is 102 cm³/mol. The molecule has 0 N–H and O–H groups in total. The first-order chi connectivity index (χ1) is 12.3. The Bertz CT molecular complexity index is 888. The van der Waals surface area contributed by atoms with E-state index < -0.39 is 0 Å². The number of hydrogen-bond donors (Lipinski definition) is 0. The van der Waals surface area contributed by atoms with E-state index in [9.17, 15) is 4.79 Å². The van der Waals surface area contributed by atoms with Gasteiger partial charge in [-0.1, -0.05) is 36.0 Å². The van der Waals surface area contributed by atoms with Crippen LogP contribution in [0.2, 0.25) is 0 Å². The van der Waals surface area contributed by atoms with Gasteiger partial charge in [0.1, 0.15) is 0 Å². The number of thioether (sulfide) groups is 1. The smallest absolute Gasteiger partial charge is 0.237 e. The summed E-state index contributed by atoms with van der Waals surface area (Å²) in [6.45, 7) is 3.62. The van der Waals surface area contributed by atoms with E-state index in [2.05, 4.69) is 27.8 Å². The van der Waals surface area contributed by atoms with Gasteiger partial charge in [0.05, 0.1) is 10.6 Å². The molecule has 0 aliphatic carbocycles. The van der Waals surface area contributed by atoms with E-state index >= 15 is 0 Å². The van der Waals surface area contributed by atoms with E-state index in [1.54, 1.807) is 11.3 Å². The van der Waals surface area contributed by atoms with Gasteiger partial charge in [-0.2, -0.15) is 0 Å². The lowest BCUT2D eigenvalue weighted by Crippen LogP contribution is -2.30. The monoisotopic (exact) mass is 370 g/mol. The highest BCUT2D eigenvalue weighted by Gasteiger charge is 2.24. The molecule has 0 unspecified atom stereocenters. The number of thiophene rings is 1. The number of amides is 1. The number of aromatic nitrogens is 3. The first-order valence-corrected chi connectivity index (χ1v) is 10.1. The van der Waals surface area contributed by atoms with Gasteiger partial charge < -0.3 is 9.47 Å². The normalized spacial score (nSPS) is 13.2. The van der Waals surface area contributed by atoms with Crippen LogP contribution in [0.5, 0.6) is 0 Å². The summed E-state index contributed by atoms with van der Waals surface area (Å²) in [7, 11) is 0. The number of benzene rings is 1. The third-order valence-corrected chi connectivity index (χ3v) is 6.10. The molecule has 2 aromatic heterocycles. The van der Waals surface area contributed by atoms with Crippen LogP contribution in [0.25, 0.3) is 10.7 Å². The zero-order valence-electron chi connectivity index (χ0n) is 13.9. The Balaban J connectivity index is 1.48. The van der Waals surface area contributed by atoms with Gasteiger partial charge in [0.2, 0.25) is 5.91 Å². The SMILES string of the molecule is CCn1c(SCC(=O)N2CCc3ccccc32)nnc1-c1cccs1. The molecule has 0 atom stereocenters. The van der Waals surface area contributed by atoms with Crippen LogP contribution in [0.4, 0.5) is 5.69 Å². The number of para-hydroxylation sites is 1. The van der Waals surface area contributed by atoms with Crippen molar-refractivity contribution in [3.63, 3.8) is 0 Å². The van der Waals surface area contributed by atoms with Crippen molar-refractivity contribution < 1.29 is 4.79 Å². The molecular formula is C18H18N4OS2. The molecule has 0 saturated heterocycles. The number of carbonyl (C=O) groups is 1. The molecule has 5 nitrogen and oxygen atoms in total. The average molecular weight is 371 g/mol. The lowest BCUT2D eigenvalue weighted by atomic mass is 10.2. The van der Waals surface area contributed by atoms with E-state index in [-0.39, 0.29) is 5.91 Å². The van der Waals surface area contributed by atoms with E-state index in [4.69, 9.17) is 0 Å². The topological polar surface area (TPSA) is 51.0 Å². The number of carbonyl (C=O) groups excluding carboxylic acids is 1. The highest BCUT2D eigenvalue weighted by atomic mass is 32.2. The molecule has 1 aromatic carbocycles. The van der Waals surface area contributed by atoms with Gasteiger partial charge in [-0.25, -0.2) is 0 Å². The molecule has 0 radical (unpaired) electrons. The zero-order valence-corrected chi connectivity index (χ0v) is 15.5. The van der Waals surface area contributed by atoms with Crippen molar-refractivity contribution in [3.8, 4) is 10.7 Å². The van der Waals surface area contributed by atoms with Crippen molar-refractivity contribution in [2.45, 2.75) is 25.0 Å². The van der Waals surface area contributed by atoms with Crippen LogP contribution in [0.15, 0.2) is 46.9 Å². The molecule has 0 fully saturated rings. The van der Waals surface area contributed by atoms with Crippen LogP contribution in [-0.2, 0) is 17.8 Å². The van der Waals surface area contributed by atoms with E-state index in [1.165, 1.54) is 17.3 Å². The molecule has 1 aliphatic rings. The van der Waals surface area contributed by atoms with Gasteiger partial charge in [0, 0.05) is 18.8 Å². The maximum absolute atomic E-state index is 12.7. The summed E-state index contributed by atoms with van der Waals surface area (Å²) in [4.78, 5) is 15.6. The lowest BCUT2D eigenvalue weighted by Gasteiger charge is -2.17. The first kappa shape index (κ1) is 16.4. The second kappa shape index (κ2) is 7.01. The molecule has 7 heteroatoms. The van der Waals surface area contributed by atoms with Crippen molar-refractivity contribution in [1.82, 2.24) is 14.8 Å². The summed E-state index contributed by atoms with van der Waals surface area (Å²) in [5.41, 5.74) is 2.29. The van der Waals surface area contributed by atoms with Gasteiger partial charge in [0.25, 0.3) is 0 Å². The van der Waals surface area contributed by atoms with Crippen molar-refractivity contribution in [1.29, 1.82) is 0 Å². The molecule has 0 spiro atoms. The number of hydrogen-bond acceptors (Lipinski definition) is 5. The minimum Gasteiger partial charge on any atom is -0.311 e. The van der Waals surface area contributed by atoms with Gasteiger partial charge >= 0.3 is 0 Å². The van der Waals surface area contributed by atoms with Gasteiger partial charge in [0.15, 0.2) is 11.0 Å². The lowest BCUT2D eigenvalue weighted by molar-refractivity contribution is -0.116. The molecule has 128 valence electrons. The number of fused-ring (bicyclic) bond motifs is 1. The molecule has 3 heterocycles. The fourth-order valence-electron chi connectivity index (χ4n) is 3.07. The van der Waals surface area contributed by atoms with Crippen molar-refractivity contribution in [2.75, 3.05) is 17.2 Å². The molecule has 4 rings (SSSR count). The summed E-state index contributed by atoms with van der Waals surface area (Å²) in [6, 6.07) is 12.2. The first-order valence-electron chi connectivity index (χ1n) is 8.26. The maximum Gasteiger partial charge on any atom is 0.237 e. The Hall–Kier alpha value is -2.12. The fraction of sp³-hybridized carbons (Fsp3) is 0.278. The minimum atomic E-state index is 0.123. The summed E-state index contributed by atoms with van der Waals surface area (Å²) in [5.74, 6) is 1.37. The van der Waals surface area contributed by atoms with Crippen LogP contribution in [0, 0.1) is 0 Å². The summed E-state index contributed by atoms with van der Waals surface area (Å²) in [5, 5.41) is 11.4. The van der Waals surface area contributed by atoms with E-state index in [0.717, 1.165) is 41.1 Å². The third kappa shape index (κ3) is 3.09. The fourth-order valence-corrected chi connectivity index (χ4v) is 4.67.